The van der Waals surface area contributed by atoms with E-state index in [0.29, 0.717) is 13.2 Å². The molecular weight excluding hydrogens is 623 g/mol. The Morgan fingerprint density at radius 3 is 1.20 bits per heavy atom. The molecule has 0 saturated carbocycles. The van der Waals surface area contributed by atoms with E-state index in [9.17, 15) is 0 Å². The van der Waals surface area contributed by atoms with Crippen LogP contribution in [0.25, 0.3) is 23.3 Å². The highest BCUT2D eigenvalue weighted by Gasteiger charge is 2.13. The summed E-state index contributed by atoms with van der Waals surface area (Å²) < 4.78 is 11.9. The molecule has 0 amide bonds. The largest absolute Gasteiger partial charge is 0.377 e. The Bertz CT molecular complexity index is 1820. The van der Waals surface area contributed by atoms with Gasteiger partial charge in [-0.2, -0.15) is 0 Å². The molecule has 0 heterocycles. The average molecular weight is 670 g/mol. The van der Waals surface area contributed by atoms with E-state index in [-0.39, 0.29) is 0 Å². The van der Waals surface area contributed by atoms with E-state index in [4.69, 9.17) is 9.47 Å². The number of anilines is 3. The molecule has 0 aliphatic carbocycles. The fraction of sp³-hybridized carbons (Fsp3) is 0.167. The molecule has 51 heavy (non-hydrogen) atoms. The fourth-order valence-electron chi connectivity index (χ4n) is 6.14. The lowest BCUT2D eigenvalue weighted by atomic mass is 10.0. The second kappa shape index (κ2) is 18.5. The van der Waals surface area contributed by atoms with Gasteiger partial charge in [0.2, 0.25) is 0 Å². The summed E-state index contributed by atoms with van der Waals surface area (Å²) in [6.07, 6.45) is 7.62. The molecule has 0 fully saturated rings. The molecule has 0 atom stereocenters. The monoisotopic (exact) mass is 669 g/mol. The number of aryl methyl sites for hydroxylation is 2. The van der Waals surface area contributed by atoms with Gasteiger partial charge in [0.15, 0.2) is 0 Å². The van der Waals surface area contributed by atoms with Crippen molar-refractivity contribution in [3.63, 3.8) is 0 Å². The summed E-state index contributed by atoms with van der Waals surface area (Å²) in [5.74, 6) is 0. The first-order valence-electron chi connectivity index (χ1n) is 17.9. The van der Waals surface area contributed by atoms with Gasteiger partial charge < -0.3 is 14.4 Å². The van der Waals surface area contributed by atoms with Gasteiger partial charge in [-0.15, -0.1) is 0 Å². The molecule has 6 aromatic carbocycles. The molecule has 0 saturated heterocycles. The second-order valence-electron chi connectivity index (χ2n) is 12.8. The van der Waals surface area contributed by atoms with Crippen molar-refractivity contribution in [2.75, 3.05) is 18.1 Å². The van der Waals surface area contributed by atoms with E-state index >= 15 is 0 Å². The van der Waals surface area contributed by atoms with Gasteiger partial charge >= 0.3 is 0 Å². The Labute approximate surface area is 304 Å². The first-order chi connectivity index (χ1) is 25.2. The van der Waals surface area contributed by atoms with Crippen molar-refractivity contribution in [2.45, 2.75) is 38.9 Å². The van der Waals surface area contributed by atoms with Crippen LogP contribution in [-0.4, -0.2) is 13.2 Å². The summed E-state index contributed by atoms with van der Waals surface area (Å²) in [5.41, 5.74) is 13.1. The summed E-state index contributed by atoms with van der Waals surface area (Å²) in [4.78, 5) is 2.34. The normalized spacial score (nSPS) is 10.9. The zero-order valence-electron chi connectivity index (χ0n) is 29.4. The molecule has 3 heteroatoms. The minimum Gasteiger partial charge on any atom is -0.377 e. The lowest BCUT2D eigenvalue weighted by Gasteiger charge is -2.26. The van der Waals surface area contributed by atoms with E-state index in [2.05, 4.69) is 170 Å². The maximum absolute atomic E-state index is 5.96. The summed E-state index contributed by atoms with van der Waals surface area (Å²) >= 11 is 0. The molecule has 6 aromatic rings. The summed E-state index contributed by atoms with van der Waals surface area (Å²) in [6, 6.07) is 54.0. The molecule has 0 unspecified atom stereocenters. The van der Waals surface area contributed by atoms with Crippen molar-refractivity contribution in [1.82, 2.24) is 0 Å². The topological polar surface area (TPSA) is 21.7 Å². The van der Waals surface area contributed by atoms with E-state index < -0.39 is 0 Å². The molecule has 0 aliphatic rings. The number of hydrogen-bond donors (Lipinski definition) is 0. The Balaban J connectivity index is 1.08. The van der Waals surface area contributed by atoms with Crippen molar-refractivity contribution in [2.24, 2.45) is 0 Å². The van der Waals surface area contributed by atoms with Crippen LogP contribution in [0.2, 0.25) is 0 Å². The highest BCUT2D eigenvalue weighted by Crippen LogP contribution is 2.36. The average Bonchev–Trinajstić information content (AvgIpc) is 3.20. The van der Waals surface area contributed by atoms with Crippen LogP contribution in [0.5, 0.6) is 0 Å². The van der Waals surface area contributed by atoms with Crippen LogP contribution < -0.4 is 4.90 Å². The molecular formula is C48H47NO2. The molecule has 0 radical (unpaired) electrons. The van der Waals surface area contributed by atoms with Crippen LogP contribution in [-0.2, 0) is 35.5 Å². The maximum atomic E-state index is 5.96. The summed E-state index contributed by atoms with van der Waals surface area (Å²) in [6.45, 7) is 10.4. The molecule has 6 rings (SSSR count). The van der Waals surface area contributed by atoms with Crippen LogP contribution in [0.15, 0.2) is 165 Å². The first kappa shape index (κ1) is 35.3. The van der Waals surface area contributed by atoms with Crippen LogP contribution >= 0.6 is 0 Å². The standard InChI is InChI=1S/C48H47NO2/c1-3-38-14-18-42(19-15-38)36-50-34-8-10-40-22-28-46(29-23-40)49(48-32-26-45(27-33-48)44-12-6-5-7-13-44)47-30-24-41(25-31-47)11-9-35-51-37-43-20-16-39(4-2)17-21-43/h3-7,12-33H,1-2,8-11,34-37H2. The first-order valence-corrected chi connectivity index (χ1v) is 17.9. The van der Waals surface area contributed by atoms with Gasteiger partial charge in [-0.1, -0.05) is 141 Å². The molecule has 0 aromatic heterocycles. The lowest BCUT2D eigenvalue weighted by molar-refractivity contribution is 0.118. The van der Waals surface area contributed by atoms with Gasteiger partial charge in [0.25, 0.3) is 0 Å². The van der Waals surface area contributed by atoms with Crippen molar-refractivity contribution in [3.8, 4) is 11.1 Å². The molecule has 0 aliphatic heterocycles. The van der Waals surface area contributed by atoms with Crippen LogP contribution in [0, 0.1) is 0 Å². The summed E-state index contributed by atoms with van der Waals surface area (Å²) in [5, 5.41) is 0. The third-order valence-electron chi connectivity index (χ3n) is 9.10. The summed E-state index contributed by atoms with van der Waals surface area (Å²) in [7, 11) is 0. The van der Waals surface area contributed by atoms with Crippen molar-refractivity contribution < 1.29 is 9.47 Å². The SMILES string of the molecule is C=Cc1ccc(COCCCc2ccc(N(c3ccc(CCCOCc4ccc(C=C)cc4)cc3)c3ccc(-c4ccccc4)cc3)cc2)cc1. The van der Waals surface area contributed by atoms with E-state index in [0.717, 1.165) is 67.1 Å². The number of benzene rings is 6. The quantitative estimate of drug-likeness (QED) is 0.0850. The smallest absolute Gasteiger partial charge is 0.0716 e. The molecule has 0 spiro atoms. The van der Waals surface area contributed by atoms with Crippen LogP contribution in [0.4, 0.5) is 17.1 Å². The zero-order chi connectivity index (χ0) is 35.1. The van der Waals surface area contributed by atoms with Crippen molar-refractivity contribution >= 4 is 29.2 Å². The number of ether oxygens (including phenoxy) is 2. The highest BCUT2D eigenvalue weighted by molar-refractivity contribution is 5.78. The Morgan fingerprint density at radius 2 is 0.784 bits per heavy atom. The second-order valence-corrected chi connectivity index (χ2v) is 12.8. The van der Waals surface area contributed by atoms with Gasteiger partial charge in [0.1, 0.15) is 0 Å². The van der Waals surface area contributed by atoms with Gasteiger partial charge in [-0.3, -0.25) is 0 Å². The molecule has 0 N–H and O–H groups in total. The van der Waals surface area contributed by atoms with Crippen molar-refractivity contribution in [1.29, 1.82) is 0 Å². The third kappa shape index (κ3) is 10.3. The van der Waals surface area contributed by atoms with Crippen molar-refractivity contribution in [3.05, 3.63) is 198 Å². The Morgan fingerprint density at radius 1 is 0.412 bits per heavy atom. The Kier molecular flexibility index (Phi) is 12.8. The fourth-order valence-corrected chi connectivity index (χ4v) is 6.14. The predicted molar refractivity (Wildman–Crippen MR) is 216 cm³/mol. The minimum atomic E-state index is 0.631. The molecule has 3 nitrogen and oxygen atoms in total. The van der Waals surface area contributed by atoms with E-state index in [1.807, 2.05) is 12.2 Å². The number of rotatable bonds is 18. The number of nitrogens with zero attached hydrogens (tertiary/aromatic N) is 1. The highest BCUT2D eigenvalue weighted by atomic mass is 16.5. The van der Waals surface area contributed by atoms with Gasteiger partial charge in [-0.05, 0) is 107 Å². The maximum Gasteiger partial charge on any atom is 0.0716 e. The van der Waals surface area contributed by atoms with Crippen LogP contribution in [0.1, 0.15) is 46.2 Å². The minimum absolute atomic E-state index is 0.631. The third-order valence-corrected chi connectivity index (χ3v) is 9.10. The number of hydrogen-bond acceptors (Lipinski definition) is 3. The van der Waals surface area contributed by atoms with E-state index in [1.54, 1.807) is 0 Å². The van der Waals surface area contributed by atoms with Gasteiger partial charge in [-0.25, -0.2) is 0 Å². The molecule has 0 bridgehead atoms. The Hall–Kier alpha value is -5.48. The predicted octanol–water partition coefficient (Wildman–Crippen LogP) is 12.4. The lowest BCUT2D eigenvalue weighted by Crippen LogP contribution is -2.10. The van der Waals surface area contributed by atoms with Crippen LogP contribution in [0.3, 0.4) is 0 Å². The molecule has 256 valence electrons. The van der Waals surface area contributed by atoms with E-state index in [1.165, 1.54) is 33.4 Å². The zero-order valence-corrected chi connectivity index (χ0v) is 29.4. The van der Waals surface area contributed by atoms with Gasteiger partial charge in [0.05, 0.1) is 13.2 Å². The van der Waals surface area contributed by atoms with Gasteiger partial charge in [0, 0.05) is 30.3 Å².